The van der Waals surface area contributed by atoms with E-state index in [0.717, 1.165) is 21.2 Å². The second-order valence-electron chi connectivity index (χ2n) is 6.54. The van der Waals surface area contributed by atoms with Crippen LogP contribution in [0.15, 0.2) is 29.0 Å². The number of aromatic nitrogens is 2. The van der Waals surface area contributed by atoms with E-state index in [2.05, 4.69) is 30.8 Å². The van der Waals surface area contributed by atoms with Crippen LogP contribution in [0.4, 0.5) is 5.82 Å². The molecule has 4 rings (SSSR count). The average molecular weight is 419 g/mol. The fourth-order valence-corrected chi connectivity index (χ4v) is 3.98. The van der Waals surface area contributed by atoms with Crippen molar-refractivity contribution in [3.05, 3.63) is 29.0 Å². The molecular formula is C18H19BrN4O3. The Labute approximate surface area is 159 Å². The third-order valence-electron chi connectivity index (χ3n) is 4.99. The molecule has 1 unspecified atom stereocenters. The fourth-order valence-electron chi connectivity index (χ4n) is 3.62. The summed E-state index contributed by atoms with van der Waals surface area (Å²) in [7, 11) is 0. The number of nitrogens with zero attached hydrogens (tertiary/aromatic N) is 4. The number of anilines is 1. The molecule has 0 aliphatic carbocycles. The number of amides is 1. The number of likely N-dealkylation sites (tertiary alicyclic amines) is 1. The molecule has 0 bridgehead atoms. The summed E-state index contributed by atoms with van der Waals surface area (Å²) in [6.07, 6.45) is 2.11. The van der Waals surface area contributed by atoms with Gasteiger partial charge in [-0.25, -0.2) is 9.97 Å². The van der Waals surface area contributed by atoms with Crippen molar-refractivity contribution < 1.29 is 14.3 Å². The molecule has 2 fully saturated rings. The van der Waals surface area contributed by atoms with Crippen LogP contribution in [0.5, 0.6) is 0 Å². The summed E-state index contributed by atoms with van der Waals surface area (Å²) >= 11 is 3.49. The molecule has 7 nitrogen and oxygen atoms in total. The first-order chi connectivity index (χ1) is 12.6. The second-order valence-corrected chi connectivity index (χ2v) is 7.46. The first-order valence-electron chi connectivity index (χ1n) is 8.70. The summed E-state index contributed by atoms with van der Waals surface area (Å²) in [5, 5.41) is 0.984. The maximum Gasteiger partial charge on any atom is 0.318 e. The third kappa shape index (κ3) is 2.92. The van der Waals surface area contributed by atoms with Gasteiger partial charge in [0.25, 0.3) is 0 Å². The van der Waals surface area contributed by atoms with Crippen molar-refractivity contribution in [2.45, 2.75) is 19.4 Å². The van der Waals surface area contributed by atoms with Crippen molar-refractivity contribution >= 4 is 44.5 Å². The largest absolute Gasteiger partial charge is 0.465 e. The molecule has 0 N–H and O–H groups in total. The van der Waals surface area contributed by atoms with E-state index in [-0.39, 0.29) is 11.9 Å². The Hall–Kier alpha value is -2.22. The van der Waals surface area contributed by atoms with Gasteiger partial charge in [-0.2, -0.15) is 0 Å². The van der Waals surface area contributed by atoms with Gasteiger partial charge in [-0.1, -0.05) is 15.9 Å². The molecule has 3 heterocycles. The first-order valence-corrected chi connectivity index (χ1v) is 9.50. The van der Waals surface area contributed by atoms with Crippen molar-refractivity contribution in [2.75, 3.05) is 31.1 Å². The molecule has 0 radical (unpaired) electrons. The minimum atomic E-state index is -0.639. The van der Waals surface area contributed by atoms with Crippen LogP contribution in [0.3, 0.4) is 0 Å². The van der Waals surface area contributed by atoms with Crippen molar-refractivity contribution in [1.82, 2.24) is 14.9 Å². The number of benzene rings is 1. The zero-order valence-corrected chi connectivity index (χ0v) is 16.0. The van der Waals surface area contributed by atoms with Crippen molar-refractivity contribution in [3.63, 3.8) is 0 Å². The molecule has 136 valence electrons. The number of hydrogen-bond donors (Lipinski definition) is 0. The lowest BCUT2D eigenvalue weighted by Crippen LogP contribution is -2.60. The Balaban J connectivity index is 1.46. The molecular weight excluding hydrogens is 400 g/mol. The van der Waals surface area contributed by atoms with Gasteiger partial charge in [-0.3, -0.25) is 9.59 Å². The van der Waals surface area contributed by atoms with Crippen LogP contribution in [0, 0.1) is 5.92 Å². The van der Waals surface area contributed by atoms with Gasteiger partial charge in [0.05, 0.1) is 18.2 Å². The Morgan fingerprint density at radius 3 is 2.92 bits per heavy atom. The molecule has 26 heavy (non-hydrogen) atoms. The van der Waals surface area contributed by atoms with Crippen LogP contribution in [-0.2, 0) is 14.3 Å². The van der Waals surface area contributed by atoms with E-state index in [0.29, 0.717) is 32.7 Å². The molecule has 2 aromatic rings. The maximum absolute atomic E-state index is 12.5. The smallest absolute Gasteiger partial charge is 0.318 e. The van der Waals surface area contributed by atoms with Gasteiger partial charge in [0.2, 0.25) is 5.91 Å². The number of rotatable bonds is 4. The maximum atomic E-state index is 12.5. The Bertz CT molecular complexity index is 869. The summed E-state index contributed by atoms with van der Waals surface area (Å²) in [6, 6.07) is 6.03. The molecule has 2 saturated heterocycles. The molecule has 8 heteroatoms. The normalized spacial score (nSPS) is 20.5. The Morgan fingerprint density at radius 2 is 2.15 bits per heavy atom. The van der Waals surface area contributed by atoms with Gasteiger partial charge < -0.3 is 14.5 Å². The number of fused-ring (bicyclic) bond motifs is 1. The van der Waals surface area contributed by atoms with E-state index in [1.165, 1.54) is 0 Å². The van der Waals surface area contributed by atoms with Gasteiger partial charge >= 0.3 is 5.97 Å². The first kappa shape index (κ1) is 17.2. The van der Waals surface area contributed by atoms with E-state index >= 15 is 0 Å². The molecule has 1 aromatic carbocycles. The second kappa shape index (κ2) is 6.83. The van der Waals surface area contributed by atoms with E-state index in [1.54, 1.807) is 13.3 Å². The highest BCUT2D eigenvalue weighted by atomic mass is 79.9. The lowest BCUT2D eigenvalue weighted by atomic mass is 10.1. The van der Waals surface area contributed by atoms with E-state index < -0.39 is 11.9 Å². The lowest BCUT2D eigenvalue weighted by molar-refractivity contribution is -0.152. The molecule has 2 aliphatic heterocycles. The summed E-state index contributed by atoms with van der Waals surface area (Å²) < 4.78 is 5.98. The topological polar surface area (TPSA) is 75.6 Å². The van der Waals surface area contributed by atoms with Crippen LogP contribution in [0.1, 0.15) is 13.3 Å². The van der Waals surface area contributed by atoms with Crippen LogP contribution >= 0.6 is 15.9 Å². The standard InChI is InChI=1S/C18H19BrN4O3/c1-2-26-18(25)13-5-6-23(17(13)24)12-8-22(9-12)16-14-7-11(19)3-4-15(14)20-10-21-16/h3-4,7,10,12-13H,2,5-6,8-9H2,1H3. The van der Waals surface area contributed by atoms with Gasteiger partial charge in [0.1, 0.15) is 18.1 Å². The summed E-state index contributed by atoms with van der Waals surface area (Å²) in [6.45, 7) is 4.08. The minimum Gasteiger partial charge on any atom is -0.465 e. The van der Waals surface area contributed by atoms with Crippen LogP contribution in [0.25, 0.3) is 10.9 Å². The van der Waals surface area contributed by atoms with Gasteiger partial charge in [-0.05, 0) is 31.5 Å². The number of esters is 1. The van der Waals surface area contributed by atoms with Crippen LogP contribution in [0.2, 0.25) is 0 Å². The SMILES string of the molecule is CCOC(=O)C1CCN(C2CN(c3ncnc4ccc(Br)cc34)C2)C1=O. The number of ether oxygens (including phenoxy) is 1. The molecule has 2 aliphatic rings. The predicted octanol–water partition coefficient (Wildman–Crippen LogP) is 1.99. The number of halogens is 1. The van der Waals surface area contributed by atoms with Crippen LogP contribution < -0.4 is 4.90 Å². The van der Waals surface area contributed by atoms with Crippen molar-refractivity contribution in [1.29, 1.82) is 0 Å². The third-order valence-corrected chi connectivity index (χ3v) is 5.48. The van der Waals surface area contributed by atoms with Crippen molar-refractivity contribution in [2.24, 2.45) is 5.92 Å². The number of carbonyl (C=O) groups excluding carboxylic acids is 2. The van der Waals surface area contributed by atoms with Gasteiger partial charge in [0, 0.05) is 29.5 Å². The zero-order chi connectivity index (χ0) is 18.3. The summed E-state index contributed by atoms with van der Waals surface area (Å²) in [4.78, 5) is 37.1. The fraction of sp³-hybridized carbons (Fsp3) is 0.444. The highest BCUT2D eigenvalue weighted by molar-refractivity contribution is 9.10. The monoisotopic (exact) mass is 418 g/mol. The average Bonchev–Trinajstić information content (AvgIpc) is 2.96. The molecule has 0 spiro atoms. The highest BCUT2D eigenvalue weighted by Gasteiger charge is 2.44. The molecule has 1 amide bonds. The van der Waals surface area contributed by atoms with E-state index in [1.807, 2.05) is 23.1 Å². The van der Waals surface area contributed by atoms with E-state index in [9.17, 15) is 9.59 Å². The minimum absolute atomic E-state index is 0.108. The van der Waals surface area contributed by atoms with Crippen molar-refractivity contribution in [3.8, 4) is 0 Å². The zero-order valence-electron chi connectivity index (χ0n) is 14.4. The van der Waals surface area contributed by atoms with Gasteiger partial charge in [0.15, 0.2) is 0 Å². The Morgan fingerprint density at radius 1 is 1.35 bits per heavy atom. The molecule has 0 saturated carbocycles. The Kier molecular flexibility index (Phi) is 4.52. The number of hydrogen-bond acceptors (Lipinski definition) is 6. The molecule has 1 atom stereocenters. The van der Waals surface area contributed by atoms with Gasteiger partial charge in [-0.15, -0.1) is 0 Å². The summed E-state index contributed by atoms with van der Waals surface area (Å²) in [5.74, 6) is -0.271. The predicted molar refractivity (Wildman–Crippen MR) is 99.7 cm³/mol. The number of carbonyl (C=O) groups is 2. The summed E-state index contributed by atoms with van der Waals surface area (Å²) in [5.41, 5.74) is 0.890. The molecule has 1 aromatic heterocycles. The van der Waals surface area contributed by atoms with E-state index in [4.69, 9.17) is 4.74 Å². The highest BCUT2D eigenvalue weighted by Crippen LogP contribution is 2.32. The lowest BCUT2D eigenvalue weighted by Gasteiger charge is -2.45. The van der Waals surface area contributed by atoms with Crippen LogP contribution in [-0.4, -0.2) is 59.0 Å². The quantitative estimate of drug-likeness (QED) is 0.558.